The van der Waals surface area contributed by atoms with E-state index in [4.69, 9.17) is 4.74 Å². The minimum Gasteiger partial charge on any atom is -0.456 e. The van der Waals surface area contributed by atoms with Gasteiger partial charge in [0, 0.05) is 5.56 Å². The van der Waals surface area contributed by atoms with Crippen molar-refractivity contribution in [2.45, 2.75) is 26.4 Å². The molecule has 1 aromatic carbocycles. The van der Waals surface area contributed by atoms with Crippen LogP contribution >= 0.6 is 11.5 Å². The molecule has 18 heavy (non-hydrogen) atoms. The van der Waals surface area contributed by atoms with Crippen LogP contribution < -0.4 is 0 Å². The predicted octanol–water partition coefficient (Wildman–Crippen LogP) is 3.77. The van der Waals surface area contributed by atoms with Crippen LogP contribution in [0.3, 0.4) is 0 Å². The molecule has 0 bridgehead atoms. The second-order valence-corrected chi connectivity index (χ2v) is 5.75. The zero-order valence-electron chi connectivity index (χ0n) is 10.6. The first-order chi connectivity index (χ1) is 8.46. The van der Waals surface area contributed by atoms with Crippen molar-refractivity contribution in [1.29, 1.82) is 0 Å². The lowest BCUT2D eigenvalue weighted by Crippen LogP contribution is -2.23. The third kappa shape index (κ3) is 3.17. The van der Waals surface area contributed by atoms with E-state index < -0.39 is 5.60 Å². The van der Waals surface area contributed by atoms with Crippen LogP contribution in [0.1, 0.15) is 30.4 Å². The van der Waals surface area contributed by atoms with Crippen molar-refractivity contribution < 1.29 is 9.53 Å². The first-order valence-corrected chi connectivity index (χ1v) is 6.48. The van der Waals surface area contributed by atoms with Gasteiger partial charge in [0.2, 0.25) is 0 Å². The Labute approximate surface area is 111 Å². The lowest BCUT2D eigenvalue weighted by atomic mass is 10.1. The normalized spacial score (nSPS) is 11.3. The number of hydrogen-bond acceptors (Lipinski definition) is 4. The maximum Gasteiger partial charge on any atom is 0.350 e. The van der Waals surface area contributed by atoms with Crippen LogP contribution in [-0.2, 0) is 4.74 Å². The smallest absolute Gasteiger partial charge is 0.350 e. The minimum absolute atomic E-state index is 0.317. The number of aromatic nitrogens is 1. The largest absolute Gasteiger partial charge is 0.456 e. The average Bonchev–Trinajstić information content (AvgIpc) is 2.77. The summed E-state index contributed by atoms with van der Waals surface area (Å²) in [6.45, 7) is 5.55. The number of carbonyl (C=O) groups is 1. The SMILES string of the molecule is CC(C)(C)OC(=O)c1cc(-c2ccccc2)ns1. The van der Waals surface area contributed by atoms with Crippen LogP contribution in [0.2, 0.25) is 0 Å². The maximum absolute atomic E-state index is 11.9. The molecule has 0 atom stereocenters. The molecule has 0 fully saturated rings. The molecule has 0 unspecified atom stereocenters. The van der Waals surface area contributed by atoms with E-state index in [1.54, 1.807) is 6.07 Å². The van der Waals surface area contributed by atoms with Gasteiger partial charge >= 0.3 is 5.97 Å². The van der Waals surface area contributed by atoms with E-state index in [-0.39, 0.29) is 5.97 Å². The monoisotopic (exact) mass is 261 g/mol. The molecule has 4 heteroatoms. The summed E-state index contributed by atoms with van der Waals surface area (Å²) in [7, 11) is 0. The Morgan fingerprint density at radius 2 is 1.89 bits per heavy atom. The highest BCUT2D eigenvalue weighted by Crippen LogP contribution is 2.23. The lowest BCUT2D eigenvalue weighted by Gasteiger charge is -2.18. The topological polar surface area (TPSA) is 39.2 Å². The van der Waals surface area contributed by atoms with Crippen LogP contribution in [0.25, 0.3) is 11.3 Å². The van der Waals surface area contributed by atoms with Gasteiger partial charge in [-0.3, -0.25) is 0 Å². The van der Waals surface area contributed by atoms with Gasteiger partial charge < -0.3 is 4.74 Å². The molecule has 0 aliphatic rings. The molecule has 1 aromatic heterocycles. The predicted molar refractivity (Wildman–Crippen MR) is 72.7 cm³/mol. The highest BCUT2D eigenvalue weighted by atomic mass is 32.1. The Hall–Kier alpha value is -1.68. The molecule has 2 aromatic rings. The maximum atomic E-state index is 11.9. The van der Waals surface area contributed by atoms with Crippen molar-refractivity contribution in [2.24, 2.45) is 0 Å². The van der Waals surface area contributed by atoms with Crippen molar-refractivity contribution in [1.82, 2.24) is 4.37 Å². The first kappa shape index (κ1) is 12.8. The fourth-order valence-electron chi connectivity index (χ4n) is 1.44. The van der Waals surface area contributed by atoms with E-state index in [0.717, 1.165) is 11.3 Å². The number of rotatable bonds is 2. The summed E-state index contributed by atoms with van der Waals surface area (Å²) in [5.41, 5.74) is 1.33. The van der Waals surface area contributed by atoms with Gasteiger partial charge in [-0.25, -0.2) is 4.79 Å². The minimum atomic E-state index is -0.478. The van der Waals surface area contributed by atoms with Gasteiger partial charge in [-0.2, -0.15) is 4.37 Å². The van der Waals surface area contributed by atoms with E-state index in [2.05, 4.69) is 4.37 Å². The summed E-state index contributed by atoms with van der Waals surface area (Å²) in [4.78, 5) is 12.4. The molecule has 0 aliphatic heterocycles. The van der Waals surface area contributed by atoms with Crippen LogP contribution in [0.5, 0.6) is 0 Å². The third-order valence-electron chi connectivity index (χ3n) is 2.18. The fourth-order valence-corrected chi connectivity index (χ4v) is 2.08. The van der Waals surface area contributed by atoms with Crippen LogP contribution in [0.15, 0.2) is 36.4 Å². The molecular weight excluding hydrogens is 246 g/mol. The number of benzene rings is 1. The van der Waals surface area contributed by atoms with Crippen molar-refractivity contribution in [3.05, 3.63) is 41.3 Å². The number of nitrogens with zero attached hydrogens (tertiary/aromatic N) is 1. The quantitative estimate of drug-likeness (QED) is 0.772. The zero-order chi connectivity index (χ0) is 13.2. The molecule has 2 rings (SSSR count). The summed E-state index contributed by atoms with van der Waals surface area (Å²) < 4.78 is 9.58. The Kier molecular flexibility index (Phi) is 3.48. The number of carbonyl (C=O) groups excluding carboxylic acids is 1. The molecule has 0 aliphatic carbocycles. The van der Waals surface area contributed by atoms with Crippen LogP contribution in [-0.4, -0.2) is 15.9 Å². The van der Waals surface area contributed by atoms with Gasteiger partial charge in [0.1, 0.15) is 10.5 Å². The van der Waals surface area contributed by atoms with Crippen molar-refractivity contribution >= 4 is 17.5 Å². The van der Waals surface area contributed by atoms with Gasteiger partial charge in [-0.05, 0) is 38.4 Å². The Bertz CT molecular complexity index is 540. The van der Waals surface area contributed by atoms with Crippen LogP contribution in [0.4, 0.5) is 0 Å². The third-order valence-corrected chi connectivity index (χ3v) is 2.95. The standard InChI is InChI=1S/C14H15NO2S/c1-14(2,3)17-13(16)12-9-11(15-18-12)10-7-5-4-6-8-10/h4-9H,1-3H3. The second-order valence-electron chi connectivity index (χ2n) is 4.94. The van der Waals surface area contributed by atoms with E-state index in [1.807, 2.05) is 51.1 Å². The van der Waals surface area contributed by atoms with Crippen LogP contribution in [0, 0.1) is 0 Å². The van der Waals surface area contributed by atoms with E-state index in [9.17, 15) is 4.79 Å². The van der Waals surface area contributed by atoms with Crippen molar-refractivity contribution in [3.63, 3.8) is 0 Å². The molecule has 0 radical (unpaired) electrons. The summed E-state index contributed by atoms with van der Waals surface area (Å²) >= 11 is 1.17. The van der Waals surface area contributed by atoms with Crippen molar-refractivity contribution in [3.8, 4) is 11.3 Å². The molecule has 94 valence electrons. The van der Waals surface area contributed by atoms with E-state index in [1.165, 1.54) is 11.5 Å². The lowest BCUT2D eigenvalue weighted by molar-refractivity contribution is 0.00753. The highest BCUT2D eigenvalue weighted by Gasteiger charge is 2.20. The van der Waals surface area contributed by atoms with Gasteiger partial charge in [-0.15, -0.1) is 0 Å². The summed E-state index contributed by atoms with van der Waals surface area (Å²) in [6, 6.07) is 11.5. The number of esters is 1. The molecule has 0 spiro atoms. The summed E-state index contributed by atoms with van der Waals surface area (Å²) in [5, 5.41) is 0. The molecule has 0 saturated heterocycles. The average molecular weight is 261 g/mol. The first-order valence-electron chi connectivity index (χ1n) is 5.71. The molecule has 1 heterocycles. The molecule has 0 N–H and O–H groups in total. The van der Waals surface area contributed by atoms with E-state index >= 15 is 0 Å². The van der Waals surface area contributed by atoms with Gasteiger partial charge in [0.05, 0.1) is 5.69 Å². The number of hydrogen-bond donors (Lipinski definition) is 0. The van der Waals surface area contributed by atoms with Gasteiger partial charge in [0.25, 0.3) is 0 Å². The molecule has 0 saturated carbocycles. The molecule has 0 amide bonds. The fraction of sp³-hybridized carbons (Fsp3) is 0.286. The van der Waals surface area contributed by atoms with E-state index in [0.29, 0.717) is 4.88 Å². The number of ether oxygens (including phenoxy) is 1. The zero-order valence-corrected chi connectivity index (χ0v) is 11.5. The molecule has 3 nitrogen and oxygen atoms in total. The summed E-state index contributed by atoms with van der Waals surface area (Å²) in [6.07, 6.45) is 0. The van der Waals surface area contributed by atoms with Gasteiger partial charge in [0.15, 0.2) is 0 Å². The summed E-state index contributed by atoms with van der Waals surface area (Å²) in [5.74, 6) is -0.317. The second kappa shape index (κ2) is 4.90. The Balaban J connectivity index is 2.19. The highest BCUT2D eigenvalue weighted by molar-refractivity contribution is 7.08. The van der Waals surface area contributed by atoms with Gasteiger partial charge in [-0.1, -0.05) is 30.3 Å². The Morgan fingerprint density at radius 1 is 1.22 bits per heavy atom. The molecular formula is C14H15NO2S. The van der Waals surface area contributed by atoms with Crippen molar-refractivity contribution in [2.75, 3.05) is 0 Å². The Morgan fingerprint density at radius 3 is 2.50 bits per heavy atom.